The molecule has 0 unspecified atom stereocenters. The summed E-state index contributed by atoms with van der Waals surface area (Å²) in [7, 11) is 0. The Balaban J connectivity index is 0.00000176. The van der Waals surface area contributed by atoms with Gasteiger partial charge in [-0.1, -0.05) is 62.4 Å². The highest BCUT2D eigenvalue weighted by molar-refractivity contribution is 5.80. The Morgan fingerprint density at radius 3 is 2.33 bits per heavy atom. The van der Waals surface area contributed by atoms with Gasteiger partial charge in [0.15, 0.2) is 5.43 Å². The van der Waals surface area contributed by atoms with E-state index in [1.165, 1.54) is 18.2 Å². The average Bonchev–Trinajstić information content (AvgIpc) is 2.87. The van der Waals surface area contributed by atoms with Crippen molar-refractivity contribution in [2.45, 2.75) is 33.0 Å². The van der Waals surface area contributed by atoms with Gasteiger partial charge in [-0.25, -0.2) is 0 Å². The summed E-state index contributed by atoms with van der Waals surface area (Å²) < 4.78 is 47.5. The number of nitrogens with one attached hydrogen (secondary N) is 1. The normalized spacial score (nSPS) is 11.1. The van der Waals surface area contributed by atoms with Gasteiger partial charge in [-0.15, -0.1) is 0 Å². The van der Waals surface area contributed by atoms with Crippen LogP contribution in [0.2, 0.25) is 0 Å². The summed E-state index contributed by atoms with van der Waals surface area (Å²) in [5.74, 6) is -0.892. The summed E-state index contributed by atoms with van der Waals surface area (Å²) >= 11 is 0. The van der Waals surface area contributed by atoms with E-state index in [4.69, 9.17) is 9.52 Å². The third kappa shape index (κ3) is 6.40. The molecule has 0 amide bonds. The molecular formula is C28H26F3NO4. The van der Waals surface area contributed by atoms with Gasteiger partial charge in [-0.3, -0.25) is 9.59 Å². The standard InChI is InChI=1S/C26H20F3NO4.C2H6/c27-26(28,29)21-13-18(7-9-19(21)17-4-2-1-3-5-17)23-14-22(31)20-8-6-16(12-24(20)34-23)15-30-11-10-25(32)33;1-2/h1-9,12-14,30H,10-11,15H2,(H,32,33);1-2H3. The fourth-order valence-corrected chi connectivity index (χ4v) is 3.68. The van der Waals surface area contributed by atoms with E-state index < -0.39 is 17.7 Å². The van der Waals surface area contributed by atoms with E-state index in [0.717, 1.165) is 11.6 Å². The largest absolute Gasteiger partial charge is 0.481 e. The minimum absolute atomic E-state index is 0.0265. The monoisotopic (exact) mass is 497 g/mol. The maximum Gasteiger partial charge on any atom is 0.417 e. The first kappa shape index (κ1) is 26.7. The molecular weight excluding hydrogens is 471 g/mol. The predicted molar refractivity (Wildman–Crippen MR) is 134 cm³/mol. The van der Waals surface area contributed by atoms with E-state index in [-0.39, 0.29) is 40.9 Å². The van der Waals surface area contributed by atoms with Gasteiger partial charge in [-0.05, 0) is 34.9 Å². The molecule has 2 N–H and O–H groups in total. The first-order valence-electron chi connectivity index (χ1n) is 11.5. The number of benzene rings is 3. The molecule has 0 saturated carbocycles. The number of aliphatic carboxylic acids is 1. The maximum absolute atomic E-state index is 13.9. The Hall–Kier alpha value is -3.91. The quantitative estimate of drug-likeness (QED) is 0.277. The number of rotatable bonds is 7. The molecule has 1 aromatic heterocycles. The molecule has 0 aliphatic carbocycles. The SMILES string of the molecule is CC.O=C(O)CCNCc1ccc2c(=O)cc(-c3ccc(-c4ccccc4)c(C(F)(F)F)c3)oc2c1. The van der Waals surface area contributed by atoms with Crippen molar-refractivity contribution in [2.75, 3.05) is 6.54 Å². The van der Waals surface area contributed by atoms with Crippen LogP contribution in [0.15, 0.2) is 82.0 Å². The summed E-state index contributed by atoms with van der Waals surface area (Å²) in [6.45, 7) is 4.62. The van der Waals surface area contributed by atoms with E-state index in [0.29, 0.717) is 17.5 Å². The zero-order valence-electron chi connectivity index (χ0n) is 19.9. The van der Waals surface area contributed by atoms with Gasteiger partial charge in [0.1, 0.15) is 11.3 Å². The van der Waals surface area contributed by atoms with E-state index in [1.54, 1.807) is 48.5 Å². The van der Waals surface area contributed by atoms with Gasteiger partial charge in [0.2, 0.25) is 0 Å². The second kappa shape index (κ2) is 11.7. The van der Waals surface area contributed by atoms with Crippen molar-refractivity contribution in [1.29, 1.82) is 0 Å². The van der Waals surface area contributed by atoms with Crippen LogP contribution in [0.5, 0.6) is 0 Å². The lowest BCUT2D eigenvalue weighted by atomic mass is 9.96. The Kier molecular flexibility index (Phi) is 8.66. The number of carboxylic acids is 1. The zero-order valence-corrected chi connectivity index (χ0v) is 19.9. The maximum atomic E-state index is 13.9. The number of hydrogen-bond donors (Lipinski definition) is 2. The first-order valence-corrected chi connectivity index (χ1v) is 11.5. The van der Waals surface area contributed by atoms with E-state index >= 15 is 0 Å². The number of alkyl halides is 3. The van der Waals surface area contributed by atoms with Crippen molar-refractivity contribution >= 4 is 16.9 Å². The molecule has 4 rings (SSSR count). The number of halogens is 3. The molecule has 36 heavy (non-hydrogen) atoms. The molecule has 0 bridgehead atoms. The molecule has 1 heterocycles. The number of carbonyl (C=O) groups is 1. The fraction of sp³-hybridized carbons (Fsp3) is 0.214. The summed E-state index contributed by atoms with van der Waals surface area (Å²) in [5.41, 5.74) is 0.388. The molecule has 188 valence electrons. The second-order valence-corrected chi connectivity index (χ2v) is 7.75. The van der Waals surface area contributed by atoms with Gasteiger partial charge in [0, 0.05) is 24.7 Å². The molecule has 0 saturated heterocycles. The third-order valence-electron chi connectivity index (χ3n) is 5.33. The topological polar surface area (TPSA) is 79.5 Å². The number of carboxylic acid groups (broad SMARTS) is 1. The van der Waals surface area contributed by atoms with Gasteiger partial charge < -0.3 is 14.8 Å². The second-order valence-electron chi connectivity index (χ2n) is 7.75. The highest BCUT2D eigenvalue weighted by Crippen LogP contribution is 2.39. The van der Waals surface area contributed by atoms with Crippen LogP contribution in [0.1, 0.15) is 31.4 Å². The summed E-state index contributed by atoms with van der Waals surface area (Å²) in [5, 5.41) is 12.0. The molecule has 8 heteroatoms. The molecule has 5 nitrogen and oxygen atoms in total. The third-order valence-corrected chi connectivity index (χ3v) is 5.33. The van der Waals surface area contributed by atoms with Crippen molar-refractivity contribution in [3.8, 4) is 22.5 Å². The van der Waals surface area contributed by atoms with Crippen LogP contribution in [-0.4, -0.2) is 17.6 Å². The van der Waals surface area contributed by atoms with Gasteiger partial charge in [-0.2, -0.15) is 13.2 Å². The van der Waals surface area contributed by atoms with Crippen LogP contribution in [-0.2, 0) is 17.5 Å². The van der Waals surface area contributed by atoms with Gasteiger partial charge >= 0.3 is 12.1 Å². The lowest BCUT2D eigenvalue weighted by Crippen LogP contribution is -2.17. The summed E-state index contributed by atoms with van der Waals surface area (Å²) in [6.07, 6.45) is -4.64. The lowest BCUT2D eigenvalue weighted by Gasteiger charge is -2.15. The zero-order chi connectivity index (χ0) is 26.3. The molecule has 0 aliphatic rings. The van der Waals surface area contributed by atoms with Crippen LogP contribution in [0.3, 0.4) is 0 Å². The molecule has 0 radical (unpaired) electrons. The molecule has 0 fully saturated rings. The Morgan fingerprint density at radius 2 is 1.67 bits per heavy atom. The van der Waals surface area contributed by atoms with Crippen molar-refractivity contribution in [1.82, 2.24) is 5.32 Å². The summed E-state index contributed by atoms with van der Waals surface area (Å²) in [6, 6.07) is 18.2. The molecule has 0 aliphatic heterocycles. The summed E-state index contributed by atoms with van der Waals surface area (Å²) in [4.78, 5) is 23.2. The van der Waals surface area contributed by atoms with Crippen LogP contribution >= 0.6 is 0 Å². The molecule has 4 aromatic rings. The van der Waals surface area contributed by atoms with E-state index in [1.807, 2.05) is 13.8 Å². The van der Waals surface area contributed by atoms with Gasteiger partial charge in [0.05, 0.1) is 17.4 Å². The van der Waals surface area contributed by atoms with Crippen LogP contribution in [0.4, 0.5) is 13.2 Å². The molecule has 0 atom stereocenters. The predicted octanol–water partition coefficient (Wildman–Crippen LogP) is 6.74. The first-order chi connectivity index (χ1) is 17.2. The lowest BCUT2D eigenvalue weighted by molar-refractivity contribution is -0.137. The Labute approximate surface area is 206 Å². The van der Waals surface area contributed by atoms with Crippen molar-refractivity contribution in [3.05, 3.63) is 94.1 Å². The van der Waals surface area contributed by atoms with Gasteiger partial charge in [0.25, 0.3) is 0 Å². The average molecular weight is 498 g/mol. The smallest absolute Gasteiger partial charge is 0.417 e. The van der Waals surface area contributed by atoms with Crippen LogP contribution in [0, 0.1) is 0 Å². The van der Waals surface area contributed by atoms with Crippen molar-refractivity contribution < 1.29 is 27.5 Å². The highest BCUT2D eigenvalue weighted by atomic mass is 19.4. The molecule has 3 aromatic carbocycles. The number of hydrogen-bond acceptors (Lipinski definition) is 4. The molecule has 0 spiro atoms. The highest BCUT2D eigenvalue weighted by Gasteiger charge is 2.34. The van der Waals surface area contributed by atoms with Crippen LogP contribution < -0.4 is 10.7 Å². The van der Waals surface area contributed by atoms with E-state index in [9.17, 15) is 22.8 Å². The minimum atomic E-state index is -4.60. The van der Waals surface area contributed by atoms with E-state index in [2.05, 4.69) is 5.32 Å². The number of fused-ring (bicyclic) bond motifs is 1. The van der Waals surface area contributed by atoms with Crippen LogP contribution in [0.25, 0.3) is 33.4 Å². The van der Waals surface area contributed by atoms with Crippen molar-refractivity contribution in [3.63, 3.8) is 0 Å². The Morgan fingerprint density at radius 1 is 0.944 bits per heavy atom. The Bertz CT molecular complexity index is 1400. The minimum Gasteiger partial charge on any atom is -0.481 e. The fourth-order valence-electron chi connectivity index (χ4n) is 3.68. The van der Waals surface area contributed by atoms with Crippen molar-refractivity contribution in [2.24, 2.45) is 0 Å².